The first-order valence-corrected chi connectivity index (χ1v) is 30.5. The van der Waals surface area contributed by atoms with Gasteiger partial charge in [-0.1, -0.05) is 155 Å². The van der Waals surface area contributed by atoms with Crippen LogP contribution in [0.15, 0.2) is 121 Å². The maximum atomic E-state index is 14.8. The molecule has 28 nitrogen and oxygen atoms in total. The zero-order valence-electron chi connectivity index (χ0n) is 49.8. The summed E-state index contributed by atoms with van der Waals surface area (Å²) in [6.07, 6.45) is -28.4. The largest absolute Gasteiger partial charge is 0.467 e. The fourth-order valence-electron chi connectivity index (χ4n) is 9.63. The number of alkyl carbamates (subject to hydrolysis) is 1. The average Bonchev–Trinajstić information content (AvgIpc) is 0.759. The Kier molecular flexibility index (Phi) is 27.2. The number of aliphatic hydroxyl groups is 1. The van der Waals surface area contributed by atoms with Crippen molar-refractivity contribution in [1.29, 1.82) is 0 Å². The molecule has 4 aromatic rings. The molecule has 94 heavy (non-hydrogen) atoms. The molecule has 34 heteroatoms. The first kappa shape index (κ1) is 74.2. The van der Waals surface area contributed by atoms with Crippen molar-refractivity contribution < 1.29 is 119 Å². The van der Waals surface area contributed by atoms with E-state index in [0.717, 1.165) is 27.9 Å². The van der Waals surface area contributed by atoms with E-state index in [2.05, 4.69) is 16.0 Å². The van der Waals surface area contributed by atoms with Crippen molar-refractivity contribution in [2.24, 2.45) is 0 Å². The molecule has 3 fully saturated rings. The van der Waals surface area contributed by atoms with Gasteiger partial charge in [0.05, 0.1) is 37.0 Å². The fourth-order valence-corrected chi connectivity index (χ4v) is 9.96. The van der Waals surface area contributed by atoms with Gasteiger partial charge in [-0.3, -0.25) is 24.0 Å². The van der Waals surface area contributed by atoms with E-state index in [1.54, 1.807) is 48.5 Å². The van der Waals surface area contributed by atoms with E-state index in [1.165, 1.54) is 72.8 Å². The number of carbonyl (C=O) groups excluding carboxylic acids is 10. The summed E-state index contributed by atoms with van der Waals surface area (Å²) in [6, 6.07) is 26.0. The normalized spacial score (nSPS) is 25.9. The van der Waals surface area contributed by atoms with Gasteiger partial charge in [-0.05, 0) is 42.0 Å². The molecule has 0 unspecified atom stereocenters. The number of hydrogen-bond donors (Lipinski definition) is 4. The Morgan fingerprint density at radius 2 is 0.936 bits per heavy atom. The molecule has 0 aromatic heterocycles. The van der Waals surface area contributed by atoms with E-state index in [9.17, 15) is 53.1 Å². The van der Waals surface area contributed by atoms with E-state index in [-0.39, 0.29) is 29.8 Å². The Morgan fingerprint density at radius 3 is 1.41 bits per heavy atom. The minimum atomic E-state index is -2.84. The molecular weight excluding hydrogens is 1380 g/mol. The number of halogens is 6. The summed E-state index contributed by atoms with van der Waals surface area (Å²) in [5, 5.41) is 18.4. The number of alkyl halides is 6. The van der Waals surface area contributed by atoms with Gasteiger partial charge < -0.3 is 87.4 Å². The molecule has 508 valence electrons. The first-order chi connectivity index (χ1) is 44.7. The van der Waals surface area contributed by atoms with E-state index in [4.69, 9.17) is 136 Å². The standard InChI is InChI=1S/C60H61Cl6N3O25/c1-30(71)83-29-38-42(85-31(2)72)43(86-32(3)73)40(69-57(79)60(64,65)66)54(88-38)93-45-46(90-50(75)35-21-13-7-14-22-35)48(91-51(76)36-23-15-8-16-24-36)55(94-47(45)52(77)81-4)92-44-39(68-56(78)59(61,62)63)53(82-26-25-67-58(80)84-28-33-17-9-5-10-18-33)87-37(27-70)41(44)89-49(74)34-19-11-6-12-20-34/h5-24,37-48,53-55,70H,25-29H2,1-4H3,(H,67,80)(H,68,78)(H,69,79)/t37-,38-,39-,40-,41+,42+,43-,44-,45+,46+,47+,48-,53-,54+,55-/m1/s1. The van der Waals surface area contributed by atoms with E-state index in [0.29, 0.717) is 5.56 Å². The number of nitrogens with one attached hydrogen (secondary N) is 3. The molecule has 3 saturated heterocycles. The third kappa shape index (κ3) is 20.7. The molecule has 7 rings (SSSR count). The molecule has 0 saturated carbocycles. The zero-order valence-corrected chi connectivity index (χ0v) is 54.3. The van der Waals surface area contributed by atoms with Crippen LogP contribution in [0.4, 0.5) is 4.79 Å². The SMILES string of the molecule is COC(=O)[C@H]1O[C@@H](O[C@@H]2[C@@H](NC(=O)C(Cl)(Cl)Cl)[C@H](OCCNC(=O)OCc3ccccc3)O[C@H](CO)[C@@H]2OC(=O)c2ccccc2)[C@H](OC(=O)c2ccccc2)[C@@H](OC(=O)c2ccccc2)[C@@H]1O[C@@H]1O[C@H](COC(C)=O)[C@H](OC(C)=O)[C@H](OC(C)=O)[C@H]1NC(=O)C(Cl)(Cl)Cl. The number of benzene rings is 4. The quantitative estimate of drug-likeness (QED) is 0.0315. The second-order valence-electron chi connectivity index (χ2n) is 20.4. The van der Waals surface area contributed by atoms with Crippen molar-refractivity contribution >= 4 is 129 Å². The highest BCUT2D eigenvalue weighted by atomic mass is 35.6. The number of ether oxygens (including phenoxy) is 14. The molecule has 4 aromatic carbocycles. The van der Waals surface area contributed by atoms with Crippen LogP contribution >= 0.6 is 69.6 Å². The summed E-state index contributed by atoms with van der Waals surface area (Å²) in [6.45, 7) is 0.0216. The lowest BCUT2D eigenvalue weighted by Gasteiger charge is -2.50. The van der Waals surface area contributed by atoms with Crippen LogP contribution in [0.2, 0.25) is 0 Å². The Hall–Kier alpha value is -7.16. The summed E-state index contributed by atoms with van der Waals surface area (Å²) in [5.41, 5.74) is 0.171. The second kappa shape index (κ2) is 34.5. The lowest BCUT2D eigenvalue weighted by molar-refractivity contribution is -0.359. The van der Waals surface area contributed by atoms with Gasteiger partial charge in [-0.15, -0.1) is 0 Å². The van der Waals surface area contributed by atoms with Crippen LogP contribution in [0.25, 0.3) is 0 Å². The highest BCUT2D eigenvalue weighted by Gasteiger charge is 2.61. The number of rotatable bonds is 24. The average molecular weight is 1440 g/mol. The number of amides is 3. The topological polar surface area (TPSA) is 356 Å². The molecule has 0 radical (unpaired) electrons. The smallest absolute Gasteiger partial charge is 0.407 e. The van der Waals surface area contributed by atoms with Crippen LogP contribution in [0, 0.1) is 0 Å². The van der Waals surface area contributed by atoms with E-state index >= 15 is 0 Å². The third-order valence-electron chi connectivity index (χ3n) is 13.8. The molecule has 15 atom stereocenters. The maximum Gasteiger partial charge on any atom is 0.407 e. The van der Waals surface area contributed by atoms with Gasteiger partial charge in [0.1, 0.15) is 49.7 Å². The molecule has 0 bridgehead atoms. The Bertz CT molecular complexity index is 3270. The Labute approximate surface area is 565 Å². The second-order valence-corrected chi connectivity index (χ2v) is 25.0. The molecule has 3 aliphatic heterocycles. The van der Waals surface area contributed by atoms with Crippen molar-refractivity contribution in [2.75, 3.05) is 33.5 Å². The molecular formula is C60H61Cl6N3O25. The summed E-state index contributed by atoms with van der Waals surface area (Å²) in [5.74, 6) is -11.0. The highest BCUT2D eigenvalue weighted by molar-refractivity contribution is 6.76. The number of hydrogen-bond acceptors (Lipinski definition) is 25. The van der Waals surface area contributed by atoms with Gasteiger partial charge >= 0.3 is 47.9 Å². The van der Waals surface area contributed by atoms with Crippen LogP contribution < -0.4 is 16.0 Å². The summed E-state index contributed by atoms with van der Waals surface area (Å²) in [7, 11) is 0.868. The minimum Gasteiger partial charge on any atom is -0.467 e. The number of carbonyl (C=O) groups is 10. The van der Waals surface area contributed by atoms with Gasteiger partial charge in [0.25, 0.3) is 19.4 Å². The zero-order chi connectivity index (χ0) is 68.4. The Balaban J connectivity index is 1.42. The van der Waals surface area contributed by atoms with Crippen LogP contribution in [0.5, 0.6) is 0 Å². The molecule has 3 aliphatic rings. The highest BCUT2D eigenvalue weighted by Crippen LogP contribution is 2.39. The molecule has 0 aliphatic carbocycles. The Morgan fingerprint density at radius 1 is 0.489 bits per heavy atom. The van der Waals surface area contributed by atoms with Gasteiger partial charge in [0.15, 0.2) is 55.5 Å². The number of esters is 7. The van der Waals surface area contributed by atoms with Gasteiger partial charge in [0.2, 0.25) is 0 Å². The van der Waals surface area contributed by atoms with Crippen molar-refractivity contribution in [3.63, 3.8) is 0 Å². The molecule has 3 amide bonds. The van der Waals surface area contributed by atoms with E-state index in [1.807, 2.05) is 0 Å². The summed E-state index contributed by atoms with van der Waals surface area (Å²) < 4.78 is 78.4. The number of aliphatic hydroxyl groups excluding tert-OH is 1. The van der Waals surface area contributed by atoms with Crippen molar-refractivity contribution in [3.05, 3.63) is 144 Å². The van der Waals surface area contributed by atoms with Crippen molar-refractivity contribution in [2.45, 2.75) is 127 Å². The minimum absolute atomic E-state index is 0.0934. The van der Waals surface area contributed by atoms with Crippen LogP contribution in [0.3, 0.4) is 0 Å². The van der Waals surface area contributed by atoms with Gasteiger partial charge in [-0.25, -0.2) is 24.0 Å². The lowest BCUT2D eigenvalue weighted by atomic mass is 9.93. The monoisotopic (exact) mass is 1430 g/mol. The van der Waals surface area contributed by atoms with Crippen molar-refractivity contribution in [3.8, 4) is 0 Å². The van der Waals surface area contributed by atoms with Crippen molar-refractivity contribution in [1.82, 2.24) is 16.0 Å². The molecule has 3 heterocycles. The molecule has 4 N–H and O–H groups in total. The van der Waals surface area contributed by atoms with E-state index < -0.39 is 179 Å². The molecule has 0 spiro atoms. The van der Waals surface area contributed by atoms with Gasteiger partial charge in [0, 0.05) is 27.3 Å². The van der Waals surface area contributed by atoms with Crippen LogP contribution in [-0.4, -0.2) is 198 Å². The predicted octanol–water partition coefficient (Wildman–Crippen LogP) is 4.85. The van der Waals surface area contributed by atoms with Crippen LogP contribution in [0.1, 0.15) is 57.4 Å². The first-order valence-electron chi connectivity index (χ1n) is 28.2. The lowest BCUT2D eigenvalue weighted by Crippen LogP contribution is -2.71. The summed E-state index contributed by atoms with van der Waals surface area (Å²) >= 11 is 36.7. The number of methoxy groups -OCH3 is 1. The maximum absolute atomic E-state index is 14.8. The van der Waals surface area contributed by atoms with Gasteiger partial charge in [-0.2, -0.15) is 0 Å². The predicted molar refractivity (Wildman–Crippen MR) is 325 cm³/mol. The third-order valence-corrected chi connectivity index (χ3v) is 14.8. The fraction of sp³-hybridized carbons (Fsp3) is 0.433. The van der Waals surface area contributed by atoms with Crippen LogP contribution in [-0.2, 0) is 102 Å². The summed E-state index contributed by atoms with van der Waals surface area (Å²) in [4.78, 5) is 137.